The van der Waals surface area contributed by atoms with Crippen LogP contribution in [0.25, 0.3) is 10.9 Å². The van der Waals surface area contributed by atoms with Crippen LogP contribution in [-0.4, -0.2) is 31.8 Å². The number of ether oxygens (including phenoxy) is 2. The zero-order valence-corrected chi connectivity index (χ0v) is 14.7. The molecule has 1 atom stereocenters. The van der Waals surface area contributed by atoms with E-state index < -0.39 is 0 Å². The molecule has 2 aromatic heterocycles. The maximum absolute atomic E-state index is 5.99. The fourth-order valence-corrected chi connectivity index (χ4v) is 3.98. The number of aryl methyl sites for hydroxylation is 1. The monoisotopic (exact) mass is 340 g/mol. The van der Waals surface area contributed by atoms with Gasteiger partial charge < -0.3 is 14.4 Å². The number of benzene rings is 1. The molecule has 0 saturated carbocycles. The molecule has 124 valence electrons. The van der Waals surface area contributed by atoms with Crippen molar-refractivity contribution in [2.24, 2.45) is 0 Å². The van der Waals surface area contributed by atoms with Crippen molar-refractivity contribution in [2.75, 3.05) is 31.7 Å². The zero-order valence-electron chi connectivity index (χ0n) is 13.9. The molecular formula is C19H20N2O2S. The third-order valence-corrected chi connectivity index (χ3v) is 5.15. The van der Waals surface area contributed by atoms with Crippen molar-refractivity contribution in [3.8, 4) is 5.75 Å². The fourth-order valence-electron chi connectivity index (χ4n) is 3.28. The summed E-state index contributed by atoms with van der Waals surface area (Å²) in [6.07, 6.45) is 0.124. The molecule has 4 rings (SSSR count). The molecular weight excluding hydrogens is 320 g/mol. The molecule has 1 fully saturated rings. The van der Waals surface area contributed by atoms with Gasteiger partial charge in [0.05, 0.1) is 13.7 Å². The van der Waals surface area contributed by atoms with Crippen LogP contribution in [0.2, 0.25) is 0 Å². The molecule has 0 aliphatic carbocycles. The molecule has 5 heteroatoms. The Balaban J connectivity index is 1.75. The van der Waals surface area contributed by atoms with Crippen LogP contribution in [0, 0.1) is 6.92 Å². The maximum Gasteiger partial charge on any atom is 0.145 e. The Hall–Kier alpha value is -2.11. The summed E-state index contributed by atoms with van der Waals surface area (Å²) in [6.45, 7) is 4.50. The summed E-state index contributed by atoms with van der Waals surface area (Å²) in [5.74, 6) is 0.820. The third kappa shape index (κ3) is 2.74. The normalized spacial score (nSPS) is 18.1. The van der Waals surface area contributed by atoms with Crippen LogP contribution in [0.1, 0.15) is 17.4 Å². The minimum absolute atomic E-state index is 0.124. The highest BCUT2D eigenvalue weighted by molar-refractivity contribution is 7.07. The smallest absolute Gasteiger partial charge is 0.145 e. The van der Waals surface area contributed by atoms with Gasteiger partial charge in [-0.1, -0.05) is 12.1 Å². The molecule has 24 heavy (non-hydrogen) atoms. The Bertz CT molecular complexity index is 848. The van der Waals surface area contributed by atoms with Crippen LogP contribution < -0.4 is 9.64 Å². The fraction of sp³-hybridized carbons (Fsp3) is 0.316. The van der Waals surface area contributed by atoms with Gasteiger partial charge in [-0.2, -0.15) is 11.3 Å². The van der Waals surface area contributed by atoms with E-state index in [2.05, 4.69) is 38.8 Å². The van der Waals surface area contributed by atoms with Gasteiger partial charge in [0.1, 0.15) is 17.4 Å². The minimum atomic E-state index is 0.124. The first-order valence-electron chi connectivity index (χ1n) is 8.09. The number of rotatable bonds is 3. The van der Waals surface area contributed by atoms with Gasteiger partial charge in [0.2, 0.25) is 0 Å². The number of hydrogen-bond acceptors (Lipinski definition) is 5. The first kappa shape index (κ1) is 15.4. The second-order valence-corrected chi connectivity index (χ2v) is 6.78. The van der Waals surface area contributed by atoms with Gasteiger partial charge in [-0.3, -0.25) is 0 Å². The predicted octanol–water partition coefficient (Wildman–Crippen LogP) is 4.19. The number of anilines is 1. The van der Waals surface area contributed by atoms with Crippen molar-refractivity contribution in [1.82, 2.24) is 4.98 Å². The van der Waals surface area contributed by atoms with Crippen LogP contribution in [0.3, 0.4) is 0 Å². The highest BCUT2D eigenvalue weighted by Gasteiger charge is 2.24. The van der Waals surface area contributed by atoms with Gasteiger partial charge in [0, 0.05) is 29.9 Å². The number of thiophene rings is 1. The second-order valence-electron chi connectivity index (χ2n) is 6.00. The summed E-state index contributed by atoms with van der Waals surface area (Å²) in [5.41, 5.74) is 4.39. The van der Waals surface area contributed by atoms with Crippen LogP contribution in [0.4, 0.5) is 5.69 Å². The molecule has 0 spiro atoms. The number of pyridine rings is 1. The molecule has 1 aliphatic heterocycles. The van der Waals surface area contributed by atoms with Gasteiger partial charge in [0.25, 0.3) is 0 Å². The summed E-state index contributed by atoms with van der Waals surface area (Å²) >= 11 is 1.72. The molecule has 1 aromatic carbocycles. The topological polar surface area (TPSA) is 34.6 Å². The summed E-state index contributed by atoms with van der Waals surface area (Å²) in [6, 6.07) is 10.4. The van der Waals surface area contributed by atoms with Gasteiger partial charge in [-0.15, -0.1) is 0 Å². The molecule has 1 aliphatic rings. The van der Waals surface area contributed by atoms with E-state index in [1.165, 1.54) is 11.3 Å². The van der Waals surface area contributed by atoms with E-state index in [-0.39, 0.29) is 6.10 Å². The van der Waals surface area contributed by atoms with Crippen molar-refractivity contribution in [3.05, 3.63) is 52.3 Å². The summed E-state index contributed by atoms with van der Waals surface area (Å²) in [5, 5.41) is 5.41. The van der Waals surface area contributed by atoms with Crippen molar-refractivity contribution in [2.45, 2.75) is 13.0 Å². The number of hydrogen-bond donors (Lipinski definition) is 0. The lowest BCUT2D eigenvalue weighted by Gasteiger charge is -2.35. The highest BCUT2D eigenvalue weighted by Crippen LogP contribution is 2.35. The Kier molecular flexibility index (Phi) is 4.12. The van der Waals surface area contributed by atoms with Gasteiger partial charge >= 0.3 is 0 Å². The number of methoxy groups -OCH3 is 1. The highest BCUT2D eigenvalue weighted by atomic mass is 32.1. The van der Waals surface area contributed by atoms with Gasteiger partial charge in [-0.05, 0) is 41.4 Å². The largest absolute Gasteiger partial charge is 0.494 e. The van der Waals surface area contributed by atoms with E-state index in [9.17, 15) is 0 Å². The van der Waals surface area contributed by atoms with Crippen LogP contribution in [-0.2, 0) is 4.74 Å². The van der Waals surface area contributed by atoms with E-state index in [1.54, 1.807) is 18.4 Å². The lowest BCUT2D eigenvalue weighted by atomic mass is 10.1. The average Bonchev–Trinajstić information content (AvgIpc) is 3.15. The third-order valence-electron chi connectivity index (χ3n) is 4.45. The van der Waals surface area contributed by atoms with E-state index >= 15 is 0 Å². The predicted molar refractivity (Wildman–Crippen MR) is 98.3 cm³/mol. The van der Waals surface area contributed by atoms with Crippen molar-refractivity contribution >= 4 is 27.9 Å². The van der Waals surface area contributed by atoms with Gasteiger partial charge in [-0.25, -0.2) is 4.98 Å². The molecule has 1 saturated heterocycles. The lowest BCUT2D eigenvalue weighted by Crippen LogP contribution is -2.38. The number of para-hydroxylation sites is 1. The lowest BCUT2D eigenvalue weighted by molar-refractivity contribution is 0.0401. The Morgan fingerprint density at radius 2 is 2.25 bits per heavy atom. The second kappa shape index (κ2) is 6.42. The Labute approximate surface area is 145 Å². The average molecular weight is 340 g/mol. The first-order chi connectivity index (χ1) is 11.8. The van der Waals surface area contributed by atoms with Gasteiger partial charge in [0.15, 0.2) is 0 Å². The standard InChI is InChI=1S/C19H20N2O2S/c1-13-10-16(15-4-3-5-17(22-2)19(15)20-13)21-7-8-23-18(11-21)14-6-9-24-12-14/h3-6,9-10,12,18H,7-8,11H2,1-2H3. The molecule has 1 unspecified atom stereocenters. The molecule has 0 radical (unpaired) electrons. The van der Waals surface area contributed by atoms with E-state index in [0.29, 0.717) is 0 Å². The minimum Gasteiger partial charge on any atom is -0.494 e. The zero-order chi connectivity index (χ0) is 16.5. The van der Waals surface area contributed by atoms with Crippen LogP contribution >= 0.6 is 11.3 Å². The molecule has 0 N–H and O–H groups in total. The molecule has 0 amide bonds. The number of nitrogens with zero attached hydrogens (tertiary/aromatic N) is 2. The Morgan fingerprint density at radius 3 is 3.04 bits per heavy atom. The van der Waals surface area contributed by atoms with E-state index in [1.807, 2.05) is 19.1 Å². The summed E-state index contributed by atoms with van der Waals surface area (Å²) < 4.78 is 11.5. The van der Waals surface area contributed by atoms with Crippen molar-refractivity contribution < 1.29 is 9.47 Å². The van der Waals surface area contributed by atoms with E-state index in [4.69, 9.17) is 9.47 Å². The Morgan fingerprint density at radius 1 is 1.33 bits per heavy atom. The van der Waals surface area contributed by atoms with Crippen LogP contribution in [0.15, 0.2) is 41.1 Å². The van der Waals surface area contributed by atoms with Crippen molar-refractivity contribution in [3.63, 3.8) is 0 Å². The quantitative estimate of drug-likeness (QED) is 0.716. The number of morpholine rings is 1. The number of fused-ring (bicyclic) bond motifs is 1. The SMILES string of the molecule is COc1cccc2c(N3CCOC(c4ccsc4)C3)cc(C)nc12. The first-order valence-corrected chi connectivity index (χ1v) is 9.03. The molecule has 3 heterocycles. The van der Waals surface area contributed by atoms with E-state index in [0.717, 1.165) is 42.0 Å². The summed E-state index contributed by atoms with van der Waals surface area (Å²) in [4.78, 5) is 7.09. The molecule has 3 aromatic rings. The number of aromatic nitrogens is 1. The molecule has 4 nitrogen and oxygen atoms in total. The molecule has 0 bridgehead atoms. The van der Waals surface area contributed by atoms with Crippen LogP contribution in [0.5, 0.6) is 5.75 Å². The van der Waals surface area contributed by atoms with Crippen molar-refractivity contribution in [1.29, 1.82) is 0 Å². The summed E-state index contributed by atoms with van der Waals surface area (Å²) in [7, 11) is 1.69. The maximum atomic E-state index is 5.99.